The molecule has 28 heavy (non-hydrogen) atoms. The monoisotopic (exact) mass is 387 g/mol. The van der Waals surface area contributed by atoms with E-state index < -0.39 is 12.1 Å². The van der Waals surface area contributed by atoms with Gasteiger partial charge in [0.05, 0.1) is 18.7 Å². The fourth-order valence-corrected chi connectivity index (χ4v) is 3.12. The summed E-state index contributed by atoms with van der Waals surface area (Å²) in [6, 6.07) is 6.19. The molecule has 0 bridgehead atoms. The number of likely N-dealkylation sites (tertiary alicyclic amines) is 1. The average molecular weight is 387 g/mol. The lowest BCUT2D eigenvalue weighted by Crippen LogP contribution is -2.42. The van der Waals surface area contributed by atoms with E-state index in [1.54, 1.807) is 35.3 Å². The predicted octanol–water partition coefficient (Wildman–Crippen LogP) is 2.92. The number of carboxylic acid groups (broad SMARTS) is 1. The Hall–Kier alpha value is -2.65. The minimum absolute atomic E-state index is 0.0179. The van der Waals surface area contributed by atoms with Crippen LogP contribution in [0.25, 0.3) is 0 Å². The first-order valence-corrected chi connectivity index (χ1v) is 9.54. The number of aliphatic hydroxyl groups excluding tert-OH is 1. The number of piperidine rings is 1. The Labute approximate surface area is 164 Å². The molecular weight excluding hydrogens is 361 g/mol. The summed E-state index contributed by atoms with van der Waals surface area (Å²) >= 11 is 0. The highest BCUT2D eigenvalue weighted by molar-refractivity contribution is 5.78. The summed E-state index contributed by atoms with van der Waals surface area (Å²) in [4.78, 5) is 24.4. The Kier molecular flexibility index (Phi) is 8.70. The van der Waals surface area contributed by atoms with Crippen molar-refractivity contribution in [3.8, 4) is 11.8 Å². The number of benzene rings is 1. The molecule has 1 aromatic rings. The van der Waals surface area contributed by atoms with Gasteiger partial charge >= 0.3 is 5.97 Å². The fraction of sp³-hybridized carbons (Fsp3) is 0.455. The van der Waals surface area contributed by atoms with E-state index in [-0.39, 0.29) is 37.2 Å². The summed E-state index contributed by atoms with van der Waals surface area (Å²) < 4.78 is 13.7. The number of rotatable bonds is 8. The molecule has 1 aliphatic heterocycles. The molecule has 2 rings (SSSR count). The Bertz CT molecular complexity index is 765. The van der Waals surface area contributed by atoms with Crippen LogP contribution in [0.15, 0.2) is 36.4 Å². The van der Waals surface area contributed by atoms with E-state index in [2.05, 4.69) is 11.8 Å². The standard InChI is InChI=1S/C22H26FNO4/c23-20-10-5-4-8-17(20)16-19(25)14-13-18-9-7-11-21(26)24(18)15-6-2-1-3-12-22(27)28/h4-5,8,10,13-14,18-19,25H,1,3,7,9,11-12,15-16H2,(H,27,28)/b14-13+/t18-,19?/m1/s1. The van der Waals surface area contributed by atoms with Crippen LogP contribution in [0.3, 0.4) is 0 Å². The Morgan fingerprint density at radius 1 is 1.36 bits per heavy atom. The normalized spacial score (nSPS) is 18.0. The molecular formula is C22H26FNO4. The van der Waals surface area contributed by atoms with Crippen LogP contribution in [-0.2, 0) is 16.0 Å². The Morgan fingerprint density at radius 3 is 2.89 bits per heavy atom. The summed E-state index contributed by atoms with van der Waals surface area (Å²) in [7, 11) is 0. The van der Waals surface area contributed by atoms with Gasteiger partial charge in [0.15, 0.2) is 0 Å². The topological polar surface area (TPSA) is 77.8 Å². The first kappa shape index (κ1) is 21.6. The number of hydrogen-bond donors (Lipinski definition) is 2. The van der Waals surface area contributed by atoms with Crippen molar-refractivity contribution >= 4 is 11.9 Å². The molecule has 150 valence electrons. The van der Waals surface area contributed by atoms with Gasteiger partial charge in [0, 0.05) is 25.7 Å². The van der Waals surface area contributed by atoms with Crippen molar-refractivity contribution in [2.24, 2.45) is 0 Å². The van der Waals surface area contributed by atoms with Crippen molar-refractivity contribution in [2.75, 3.05) is 6.54 Å². The van der Waals surface area contributed by atoms with Crippen molar-refractivity contribution in [2.45, 2.75) is 57.1 Å². The molecule has 1 aromatic carbocycles. The maximum atomic E-state index is 13.7. The zero-order valence-electron chi connectivity index (χ0n) is 15.8. The number of aliphatic carboxylic acids is 1. The third-order valence-electron chi connectivity index (χ3n) is 4.62. The third-order valence-corrected chi connectivity index (χ3v) is 4.62. The second-order valence-corrected chi connectivity index (χ2v) is 6.83. The average Bonchev–Trinajstić information content (AvgIpc) is 2.66. The summed E-state index contributed by atoms with van der Waals surface area (Å²) in [5.74, 6) is 4.68. The van der Waals surface area contributed by atoms with Crippen LogP contribution in [0.4, 0.5) is 4.39 Å². The first-order valence-electron chi connectivity index (χ1n) is 9.54. The molecule has 6 heteroatoms. The molecule has 0 radical (unpaired) electrons. The molecule has 1 amide bonds. The lowest BCUT2D eigenvalue weighted by atomic mass is 9.99. The van der Waals surface area contributed by atoms with Gasteiger partial charge in [0.2, 0.25) is 5.91 Å². The summed E-state index contributed by atoms with van der Waals surface area (Å²) in [6.07, 6.45) is 5.85. The molecule has 1 heterocycles. The van der Waals surface area contributed by atoms with E-state index in [4.69, 9.17) is 5.11 Å². The van der Waals surface area contributed by atoms with Crippen LogP contribution in [0.1, 0.15) is 44.1 Å². The molecule has 2 N–H and O–H groups in total. The van der Waals surface area contributed by atoms with Crippen LogP contribution in [0, 0.1) is 17.7 Å². The van der Waals surface area contributed by atoms with Crippen LogP contribution in [0.5, 0.6) is 0 Å². The smallest absolute Gasteiger partial charge is 0.303 e. The van der Waals surface area contributed by atoms with Gasteiger partial charge in [-0.25, -0.2) is 4.39 Å². The highest BCUT2D eigenvalue weighted by Crippen LogP contribution is 2.19. The molecule has 0 spiro atoms. The van der Waals surface area contributed by atoms with Gasteiger partial charge < -0.3 is 15.1 Å². The number of hydrogen-bond acceptors (Lipinski definition) is 3. The largest absolute Gasteiger partial charge is 0.481 e. The highest BCUT2D eigenvalue weighted by Gasteiger charge is 2.25. The van der Waals surface area contributed by atoms with Crippen molar-refractivity contribution in [1.29, 1.82) is 0 Å². The lowest BCUT2D eigenvalue weighted by Gasteiger charge is -2.32. The zero-order chi connectivity index (χ0) is 20.4. The van der Waals surface area contributed by atoms with E-state index in [9.17, 15) is 19.1 Å². The Morgan fingerprint density at radius 2 is 2.14 bits per heavy atom. The number of halogens is 1. The van der Waals surface area contributed by atoms with Crippen LogP contribution >= 0.6 is 0 Å². The van der Waals surface area contributed by atoms with Crippen molar-refractivity contribution < 1.29 is 24.2 Å². The number of carboxylic acids is 1. The van der Waals surface area contributed by atoms with E-state index in [1.807, 2.05) is 0 Å². The SMILES string of the molecule is O=C(O)CCCC#CCN1C(=O)CCC[C@@H]1/C=C/C(O)Cc1ccccc1F. The van der Waals surface area contributed by atoms with E-state index in [0.29, 0.717) is 24.8 Å². The van der Waals surface area contributed by atoms with Gasteiger partial charge in [-0.05, 0) is 30.9 Å². The van der Waals surface area contributed by atoms with Crippen molar-refractivity contribution in [3.05, 3.63) is 47.8 Å². The summed E-state index contributed by atoms with van der Waals surface area (Å²) in [5, 5.41) is 18.8. The third kappa shape index (κ3) is 7.16. The fourth-order valence-electron chi connectivity index (χ4n) is 3.12. The van der Waals surface area contributed by atoms with Gasteiger partial charge in [-0.2, -0.15) is 0 Å². The van der Waals surface area contributed by atoms with Gasteiger partial charge in [0.25, 0.3) is 0 Å². The molecule has 1 saturated heterocycles. The van der Waals surface area contributed by atoms with Crippen LogP contribution in [0.2, 0.25) is 0 Å². The van der Waals surface area contributed by atoms with E-state index >= 15 is 0 Å². The number of carbonyl (C=O) groups is 2. The maximum absolute atomic E-state index is 13.7. The number of amides is 1. The molecule has 1 aliphatic rings. The lowest BCUT2D eigenvalue weighted by molar-refractivity contribution is -0.137. The molecule has 1 unspecified atom stereocenters. The second kappa shape index (κ2) is 11.3. The van der Waals surface area contributed by atoms with Gasteiger partial charge in [-0.1, -0.05) is 36.3 Å². The number of carbonyl (C=O) groups excluding carboxylic acids is 1. The van der Waals surface area contributed by atoms with E-state index in [0.717, 1.165) is 12.8 Å². The minimum Gasteiger partial charge on any atom is -0.481 e. The van der Waals surface area contributed by atoms with Gasteiger partial charge in [-0.3, -0.25) is 9.59 Å². The predicted molar refractivity (Wildman–Crippen MR) is 104 cm³/mol. The second-order valence-electron chi connectivity index (χ2n) is 6.83. The molecule has 0 saturated carbocycles. The zero-order valence-corrected chi connectivity index (χ0v) is 15.8. The quantitative estimate of drug-likeness (QED) is 0.408. The summed E-state index contributed by atoms with van der Waals surface area (Å²) in [5.41, 5.74) is 0.448. The first-order chi connectivity index (χ1) is 13.5. The van der Waals surface area contributed by atoms with Crippen LogP contribution in [-0.4, -0.2) is 45.7 Å². The van der Waals surface area contributed by atoms with Gasteiger partial charge in [0.1, 0.15) is 5.82 Å². The molecule has 0 aliphatic carbocycles. The molecule has 5 nitrogen and oxygen atoms in total. The van der Waals surface area contributed by atoms with E-state index in [1.165, 1.54) is 6.07 Å². The maximum Gasteiger partial charge on any atom is 0.303 e. The minimum atomic E-state index is -0.841. The highest BCUT2D eigenvalue weighted by atomic mass is 19.1. The number of unbranched alkanes of at least 4 members (excludes halogenated alkanes) is 1. The van der Waals surface area contributed by atoms with Crippen LogP contribution < -0.4 is 0 Å². The van der Waals surface area contributed by atoms with Crippen molar-refractivity contribution in [3.63, 3.8) is 0 Å². The number of aliphatic hydroxyl groups is 1. The Balaban J connectivity index is 1.90. The van der Waals surface area contributed by atoms with Gasteiger partial charge in [-0.15, -0.1) is 5.92 Å². The molecule has 2 atom stereocenters. The van der Waals surface area contributed by atoms with Crippen molar-refractivity contribution in [1.82, 2.24) is 4.90 Å². The summed E-state index contributed by atoms with van der Waals surface area (Å²) in [6.45, 7) is 0.282. The molecule has 1 fully saturated rings. The molecule has 0 aromatic heterocycles. The number of nitrogens with zero attached hydrogens (tertiary/aromatic N) is 1.